The Labute approximate surface area is 254 Å². The van der Waals surface area contributed by atoms with Crippen LogP contribution < -0.4 is 30.8 Å². The molecule has 42 heavy (non-hydrogen) atoms. The van der Waals surface area contributed by atoms with Gasteiger partial charge in [0.25, 0.3) is 5.56 Å². The first-order chi connectivity index (χ1) is 19.9. The molecule has 2 aromatic carbocycles. The van der Waals surface area contributed by atoms with Gasteiger partial charge in [0.2, 0.25) is 17.2 Å². The van der Waals surface area contributed by atoms with Crippen LogP contribution in [-0.2, 0) is 18.9 Å². The number of Topliss-reactive ketones (excluding diaryl/α,β-unsaturated/α-hetero) is 2. The van der Waals surface area contributed by atoms with Crippen LogP contribution in [0.5, 0.6) is 17.2 Å². The fourth-order valence-electron chi connectivity index (χ4n) is 6.24. The monoisotopic (exact) mass is 631 g/mol. The number of aromatic nitrogens is 2. The van der Waals surface area contributed by atoms with Gasteiger partial charge in [-0.3, -0.25) is 23.5 Å². The van der Waals surface area contributed by atoms with Crippen molar-refractivity contribution in [3.63, 3.8) is 0 Å². The number of carbonyl (C=O) groups excluding carboxylic acids is 2. The molecule has 2 aliphatic heterocycles. The minimum atomic E-state index is -2.02. The van der Waals surface area contributed by atoms with Gasteiger partial charge >= 0.3 is 5.69 Å². The van der Waals surface area contributed by atoms with E-state index < -0.39 is 40.3 Å². The quantitative estimate of drug-likeness (QED) is 0.420. The normalized spacial score (nSPS) is 22.4. The van der Waals surface area contributed by atoms with Crippen molar-refractivity contribution in [2.75, 3.05) is 19.5 Å². The van der Waals surface area contributed by atoms with Crippen molar-refractivity contribution in [3.8, 4) is 17.2 Å². The van der Waals surface area contributed by atoms with Gasteiger partial charge in [-0.05, 0) is 24.1 Å². The fourth-order valence-corrected chi connectivity index (χ4v) is 7.02. The highest BCUT2D eigenvalue weighted by atomic mass is 35.5. The maximum Gasteiger partial charge on any atom is 0.332 e. The SMILES string of the molecule is COc1cc(OC)c2c(c1Cl)O[C@@]1(C(=O)C3=C(C[C@H]1C)Nc1c(c(=O)n(C)c(=O)n1C)[C@H]3c1ccc(Cl)cc1Cl)C2=O. The van der Waals surface area contributed by atoms with Crippen LogP contribution in [-0.4, -0.2) is 40.5 Å². The number of allylic oxidation sites excluding steroid dienone is 1. The number of ketones is 2. The molecule has 3 aliphatic rings. The number of benzene rings is 2. The third-order valence-corrected chi connectivity index (χ3v) is 9.27. The first-order valence-corrected chi connectivity index (χ1v) is 14.0. The zero-order valence-corrected chi connectivity index (χ0v) is 25.3. The molecule has 3 aromatic rings. The van der Waals surface area contributed by atoms with Crippen molar-refractivity contribution >= 4 is 52.2 Å². The van der Waals surface area contributed by atoms with E-state index in [2.05, 4.69) is 5.32 Å². The van der Waals surface area contributed by atoms with Gasteiger partial charge in [-0.1, -0.05) is 47.8 Å². The van der Waals surface area contributed by atoms with Gasteiger partial charge in [-0.25, -0.2) is 4.79 Å². The molecule has 1 aromatic heterocycles. The standard InChI is InChI=1S/C29H24Cl3N3O7/c1-11-8-15-19(24(36)29(11)25(37)20-16(40-4)10-17(41-5)22(32)23(20)42-29)18(13-7-6-12(30)9-14(13)31)21-26(33-15)34(2)28(39)35(3)27(21)38/h6-7,9-11,18,33H,8H2,1-5H3/t11-,18+,29+/m1/s1. The molecule has 1 N–H and O–H groups in total. The molecule has 218 valence electrons. The third kappa shape index (κ3) is 3.58. The van der Waals surface area contributed by atoms with Gasteiger partial charge in [0.1, 0.15) is 27.9 Å². The summed E-state index contributed by atoms with van der Waals surface area (Å²) in [6.07, 6.45) is 0.155. The van der Waals surface area contributed by atoms with Crippen LogP contribution in [0.25, 0.3) is 0 Å². The van der Waals surface area contributed by atoms with Crippen LogP contribution in [0.15, 0.2) is 45.1 Å². The summed E-state index contributed by atoms with van der Waals surface area (Å²) in [6, 6.07) is 6.17. The van der Waals surface area contributed by atoms with E-state index in [9.17, 15) is 19.2 Å². The molecule has 0 fully saturated rings. The van der Waals surface area contributed by atoms with E-state index >= 15 is 0 Å². The van der Waals surface area contributed by atoms with Crippen molar-refractivity contribution in [2.24, 2.45) is 20.0 Å². The second-order valence-electron chi connectivity index (χ2n) is 10.5. The number of rotatable bonds is 3. The first-order valence-electron chi connectivity index (χ1n) is 12.9. The van der Waals surface area contributed by atoms with Crippen molar-refractivity contribution < 1.29 is 23.8 Å². The van der Waals surface area contributed by atoms with Gasteiger partial charge in [0.15, 0.2) is 5.75 Å². The highest BCUT2D eigenvalue weighted by Crippen LogP contribution is 2.56. The van der Waals surface area contributed by atoms with E-state index in [1.807, 2.05) is 0 Å². The fraction of sp³-hybridized carbons (Fsp3) is 0.310. The number of ether oxygens (including phenoxy) is 3. The summed E-state index contributed by atoms with van der Waals surface area (Å²) in [5, 5.41) is 3.73. The van der Waals surface area contributed by atoms with Gasteiger partial charge in [-0.15, -0.1) is 0 Å². The summed E-state index contributed by atoms with van der Waals surface area (Å²) in [5.74, 6) is -2.50. The highest BCUT2D eigenvalue weighted by Gasteiger charge is 2.64. The number of nitrogens with one attached hydrogen (secondary N) is 1. The molecule has 1 aliphatic carbocycles. The van der Waals surface area contributed by atoms with Crippen LogP contribution >= 0.6 is 34.8 Å². The number of hydrogen-bond acceptors (Lipinski definition) is 8. The van der Waals surface area contributed by atoms with Gasteiger partial charge in [0, 0.05) is 53.3 Å². The molecule has 6 rings (SSSR count). The van der Waals surface area contributed by atoms with Crippen molar-refractivity contribution in [1.82, 2.24) is 9.13 Å². The Morgan fingerprint density at radius 1 is 0.976 bits per heavy atom. The van der Waals surface area contributed by atoms with Gasteiger partial charge < -0.3 is 19.5 Å². The molecule has 0 radical (unpaired) electrons. The highest BCUT2D eigenvalue weighted by molar-refractivity contribution is 6.37. The van der Waals surface area contributed by atoms with Gasteiger partial charge in [-0.2, -0.15) is 0 Å². The molecule has 3 heterocycles. The van der Waals surface area contributed by atoms with Crippen LogP contribution in [0.1, 0.15) is 40.7 Å². The van der Waals surface area contributed by atoms with Crippen LogP contribution in [0.3, 0.4) is 0 Å². The van der Waals surface area contributed by atoms with Crippen molar-refractivity contribution in [1.29, 1.82) is 0 Å². The maximum absolute atomic E-state index is 14.9. The summed E-state index contributed by atoms with van der Waals surface area (Å²) in [4.78, 5) is 55.7. The lowest BCUT2D eigenvalue weighted by atomic mass is 9.66. The number of halogens is 3. The lowest BCUT2D eigenvalue weighted by Crippen LogP contribution is -2.58. The average molecular weight is 633 g/mol. The first kappa shape index (κ1) is 28.4. The Balaban J connectivity index is 1.63. The van der Waals surface area contributed by atoms with Gasteiger partial charge in [0.05, 0.1) is 19.8 Å². The van der Waals surface area contributed by atoms with E-state index in [1.54, 1.807) is 19.1 Å². The van der Waals surface area contributed by atoms with E-state index in [0.29, 0.717) is 16.3 Å². The summed E-state index contributed by atoms with van der Waals surface area (Å²) in [5.41, 5.74) is -2.12. The summed E-state index contributed by atoms with van der Waals surface area (Å²) in [6.45, 7) is 1.72. The number of methoxy groups -OCH3 is 2. The summed E-state index contributed by atoms with van der Waals surface area (Å²) < 4.78 is 19.4. The molecule has 0 bridgehead atoms. The molecule has 13 heteroatoms. The molecule has 10 nitrogen and oxygen atoms in total. The molecule has 0 unspecified atom stereocenters. The number of hydrogen-bond donors (Lipinski definition) is 1. The van der Waals surface area contributed by atoms with E-state index in [1.165, 1.54) is 45.0 Å². The van der Waals surface area contributed by atoms with Crippen LogP contribution in [0.4, 0.5) is 5.82 Å². The number of fused-ring (bicyclic) bond motifs is 2. The smallest absolute Gasteiger partial charge is 0.332 e. The summed E-state index contributed by atoms with van der Waals surface area (Å²) >= 11 is 19.5. The van der Waals surface area contributed by atoms with Crippen molar-refractivity contribution in [2.45, 2.75) is 24.9 Å². The third-order valence-electron chi connectivity index (χ3n) is 8.35. The lowest BCUT2D eigenvalue weighted by Gasteiger charge is -2.42. The number of anilines is 1. The molecule has 0 saturated heterocycles. The minimum Gasteiger partial charge on any atom is -0.496 e. The average Bonchev–Trinajstić information content (AvgIpc) is 3.28. The predicted molar refractivity (Wildman–Crippen MR) is 157 cm³/mol. The maximum atomic E-state index is 14.9. The van der Waals surface area contributed by atoms with Crippen molar-refractivity contribution in [3.05, 3.63) is 88.1 Å². The number of nitrogens with zero attached hydrogens (tertiary/aromatic N) is 2. The molecular weight excluding hydrogens is 609 g/mol. The predicted octanol–water partition coefficient (Wildman–Crippen LogP) is 4.50. The molecule has 0 amide bonds. The van der Waals surface area contributed by atoms with E-state index in [4.69, 9.17) is 49.0 Å². The molecule has 3 atom stereocenters. The Morgan fingerprint density at radius 3 is 2.31 bits per heavy atom. The summed E-state index contributed by atoms with van der Waals surface area (Å²) in [7, 11) is 5.67. The van der Waals surface area contributed by atoms with E-state index in [-0.39, 0.29) is 56.2 Å². The second kappa shape index (κ2) is 9.65. The van der Waals surface area contributed by atoms with Crippen LogP contribution in [0.2, 0.25) is 15.1 Å². The molecular formula is C29H24Cl3N3O7. The van der Waals surface area contributed by atoms with E-state index in [0.717, 1.165) is 4.57 Å². The molecule has 0 saturated carbocycles. The molecule has 1 spiro atoms. The zero-order valence-electron chi connectivity index (χ0n) is 23.1. The Hall–Kier alpha value is -3.73. The topological polar surface area (TPSA) is 118 Å². The second-order valence-corrected chi connectivity index (χ2v) is 11.7. The Morgan fingerprint density at radius 2 is 1.67 bits per heavy atom. The lowest BCUT2D eigenvalue weighted by molar-refractivity contribution is -0.130. The Kier molecular flexibility index (Phi) is 6.53. The minimum absolute atomic E-state index is 0.0200. The van der Waals surface area contributed by atoms with Crippen LogP contribution in [0, 0.1) is 5.92 Å². The largest absolute Gasteiger partial charge is 0.496 e. The number of carbonyl (C=O) groups is 2. The Bertz CT molecular complexity index is 1910. The zero-order chi connectivity index (χ0) is 30.4.